The Morgan fingerprint density at radius 2 is 1.92 bits per heavy atom. The number of piperidine rings is 1. The average molecular weight is 361 g/mol. The normalized spacial score (nSPS) is 23.3. The first-order valence-electron chi connectivity index (χ1n) is 9.16. The molecule has 0 bridgehead atoms. The zero-order valence-corrected chi connectivity index (χ0v) is 14.6. The Morgan fingerprint density at radius 3 is 2.69 bits per heavy atom. The van der Waals surface area contributed by atoms with Gasteiger partial charge in [0.25, 0.3) is 0 Å². The van der Waals surface area contributed by atoms with Gasteiger partial charge < -0.3 is 4.90 Å². The number of alkyl halides is 3. The van der Waals surface area contributed by atoms with Crippen molar-refractivity contribution in [3.8, 4) is 11.4 Å². The standard InChI is InChI=1S/C20H22F3N3/c21-20(22,23)10-12-26-11-4-8-19(14-26)9-7-16-13-24-18(25-17(16)19)15-5-2-1-3-6-15/h1-3,5-6,13H,4,7-12,14H2. The highest BCUT2D eigenvalue weighted by Crippen LogP contribution is 2.44. The van der Waals surface area contributed by atoms with E-state index in [-0.39, 0.29) is 12.0 Å². The lowest BCUT2D eigenvalue weighted by atomic mass is 9.77. The summed E-state index contributed by atoms with van der Waals surface area (Å²) in [6.07, 6.45) is 0.856. The Morgan fingerprint density at radius 1 is 1.12 bits per heavy atom. The zero-order chi connectivity index (χ0) is 18.2. The maximum Gasteiger partial charge on any atom is 0.390 e. The monoisotopic (exact) mass is 361 g/mol. The third kappa shape index (κ3) is 3.47. The van der Waals surface area contributed by atoms with Gasteiger partial charge in [0.2, 0.25) is 0 Å². The Balaban J connectivity index is 1.59. The SMILES string of the molecule is FC(F)(F)CCN1CCCC2(CCc3cnc(-c4ccccc4)nc32)C1. The Labute approximate surface area is 151 Å². The quantitative estimate of drug-likeness (QED) is 0.813. The summed E-state index contributed by atoms with van der Waals surface area (Å²) >= 11 is 0. The van der Waals surface area contributed by atoms with Crippen LogP contribution in [-0.4, -0.2) is 40.7 Å². The van der Waals surface area contributed by atoms with Gasteiger partial charge in [-0.2, -0.15) is 13.2 Å². The van der Waals surface area contributed by atoms with E-state index in [1.165, 1.54) is 0 Å². The van der Waals surface area contributed by atoms with E-state index in [0.717, 1.165) is 49.0 Å². The van der Waals surface area contributed by atoms with Crippen molar-refractivity contribution in [2.45, 2.75) is 43.7 Å². The van der Waals surface area contributed by atoms with Crippen LogP contribution in [0.4, 0.5) is 13.2 Å². The first kappa shape index (κ1) is 17.5. The molecule has 2 heterocycles. The zero-order valence-electron chi connectivity index (χ0n) is 14.6. The summed E-state index contributed by atoms with van der Waals surface area (Å²) in [5.41, 5.74) is 3.07. The van der Waals surface area contributed by atoms with Gasteiger partial charge >= 0.3 is 6.18 Å². The van der Waals surface area contributed by atoms with Crippen LogP contribution in [0.15, 0.2) is 36.5 Å². The topological polar surface area (TPSA) is 29.0 Å². The maximum absolute atomic E-state index is 12.6. The Kier molecular flexibility index (Phi) is 4.47. The van der Waals surface area contributed by atoms with Gasteiger partial charge in [-0.05, 0) is 37.8 Å². The fraction of sp³-hybridized carbons (Fsp3) is 0.500. The maximum atomic E-state index is 12.6. The molecule has 1 aromatic carbocycles. The van der Waals surface area contributed by atoms with Crippen LogP contribution in [0.1, 0.15) is 36.9 Å². The molecule has 1 fully saturated rings. The van der Waals surface area contributed by atoms with Gasteiger partial charge in [-0.1, -0.05) is 30.3 Å². The molecular formula is C20H22F3N3. The first-order chi connectivity index (χ1) is 12.5. The molecule has 4 rings (SSSR count). The number of aromatic nitrogens is 2. The average Bonchev–Trinajstić information content (AvgIpc) is 2.98. The Bertz CT molecular complexity index is 772. The molecule has 6 heteroatoms. The van der Waals surface area contributed by atoms with E-state index in [1.54, 1.807) is 0 Å². The Hall–Kier alpha value is -1.95. The molecule has 26 heavy (non-hydrogen) atoms. The lowest BCUT2D eigenvalue weighted by Crippen LogP contribution is -2.46. The van der Waals surface area contributed by atoms with Crippen molar-refractivity contribution < 1.29 is 13.2 Å². The number of likely N-dealkylation sites (tertiary alicyclic amines) is 1. The number of aryl methyl sites for hydroxylation is 1. The van der Waals surface area contributed by atoms with E-state index in [0.29, 0.717) is 12.4 Å². The second kappa shape index (κ2) is 6.65. The number of rotatable bonds is 3. The second-order valence-electron chi connectivity index (χ2n) is 7.46. The van der Waals surface area contributed by atoms with Gasteiger partial charge in [-0.3, -0.25) is 0 Å². The largest absolute Gasteiger partial charge is 0.390 e. The van der Waals surface area contributed by atoms with E-state index >= 15 is 0 Å². The summed E-state index contributed by atoms with van der Waals surface area (Å²) in [4.78, 5) is 11.4. The summed E-state index contributed by atoms with van der Waals surface area (Å²) < 4.78 is 37.8. The van der Waals surface area contributed by atoms with E-state index in [4.69, 9.17) is 4.98 Å². The van der Waals surface area contributed by atoms with Crippen molar-refractivity contribution in [3.05, 3.63) is 47.8 Å². The number of benzene rings is 1. The molecular weight excluding hydrogens is 339 g/mol. The fourth-order valence-electron chi connectivity index (χ4n) is 4.37. The van der Waals surface area contributed by atoms with Crippen molar-refractivity contribution in [1.29, 1.82) is 0 Å². The molecule has 1 saturated heterocycles. The van der Waals surface area contributed by atoms with Crippen LogP contribution in [0.5, 0.6) is 0 Å². The van der Waals surface area contributed by atoms with Gasteiger partial charge in [0.1, 0.15) is 0 Å². The van der Waals surface area contributed by atoms with Crippen molar-refractivity contribution in [3.63, 3.8) is 0 Å². The van der Waals surface area contributed by atoms with Crippen molar-refractivity contribution in [2.75, 3.05) is 19.6 Å². The molecule has 0 radical (unpaired) electrons. The van der Waals surface area contributed by atoms with Gasteiger partial charge in [-0.15, -0.1) is 0 Å². The van der Waals surface area contributed by atoms with Gasteiger partial charge in [0, 0.05) is 30.3 Å². The molecule has 138 valence electrons. The molecule has 1 aliphatic carbocycles. The molecule has 3 nitrogen and oxygen atoms in total. The summed E-state index contributed by atoms with van der Waals surface area (Å²) in [6, 6.07) is 9.85. The number of halogens is 3. The number of nitrogens with zero attached hydrogens (tertiary/aromatic N) is 3. The van der Waals surface area contributed by atoms with Crippen LogP contribution in [0.25, 0.3) is 11.4 Å². The lowest BCUT2D eigenvalue weighted by Gasteiger charge is -2.40. The van der Waals surface area contributed by atoms with Crippen LogP contribution < -0.4 is 0 Å². The van der Waals surface area contributed by atoms with Crippen LogP contribution in [0.3, 0.4) is 0 Å². The van der Waals surface area contributed by atoms with Crippen LogP contribution >= 0.6 is 0 Å². The molecule has 2 aromatic rings. The third-order valence-electron chi connectivity index (χ3n) is 5.64. The summed E-state index contributed by atoms with van der Waals surface area (Å²) in [5.74, 6) is 0.707. The minimum atomic E-state index is -4.10. The molecule has 1 spiro atoms. The van der Waals surface area contributed by atoms with Gasteiger partial charge in [-0.25, -0.2) is 9.97 Å². The van der Waals surface area contributed by atoms with Gasteiger partial charge in [0.05, 0.1) is 12.1 Å². The summed E-state index contributed by atoms with van der Waals surface area (Å²) in [7, 11) is 0. The number of hydrogen-bond donors (Lipinski definition) is 0. The lowest BCUT2D eigenvalue weighted by molar-refractivity contribution is -0.139. The van der Waals surface area contributed by atoms with Crippen molar-refractivity contribution >= 4 is 0 Å². The molecule has 1 atom stereocenters. The number of fused-ring (bicyclic) bond motifs is 2. The smallest absolute Gasteiger partial charge is 0.302 e. The predicted molar refractivity (Wildman–Crippen MR) is 93.8 cm³/mol. The predicted octanol–water partition coefficient (Wildman–Crippen LogP) is 4.38. The highest BCUT2D eigenvalue weighted by atomic mass is 19.4. The number of hydrogen-bond acceptors (Lipinski definition) is 3. The molecule has 1 unspecified atom stereocenters. The van der Waals surface area contributed by atoms with E-state index < -0.39 is 12.6 Å². The molecule has 1 aromatic heterocycles. The van der Waals surface area contributed by atoms with Crippen molar-refractivity contribution in [2.24, 2.45) is 0 Å². The highest BCUT2D eigenvalue weighted by molar-refractivity contribution is 5.55. The van der Waals surface area contributed by atoms with E-state index in [9.17, 15) is 13.2 Å². The van der Waals surface area contributed by atoms with Crippen molar-refractivity contribution in [1.82, 2.24) is 14.9 Å². The minimum Gasteiger partial charge on any atom is -0.302 e. The molecule has 0 amide bonds. The highest BCUT2D eigenvalue weighted by Gasteiger charge is 2.44. The summed E-state index contributed by atoms with van der Waals surface area (Å²) in [6.45, 7) is 1.49. The molecule has 1 aliphatic heterocycles. The second-order valence-corrected chi connectivity index (χ2v) is 7.46. The fourth-order valence-corrected chi connectivity index (χ4v) is 4.37. The molecule has 0 N–H and O–H groups in total. The van der Waals surface area contributed by atoms with Crippen LogP contribution in [0, 0.1) is 0 Å². The van der Waals surface area contributed by atoms with Crippen LogP contribution in [-0.2, 0) is 11.8 Å². The third-order valence-corrected chi connectivity index (χ3v) is 5.64. The van der Waals surface area contributed by atoms with E-state index in [1.807, 2.05) is 41.4 Å². The van der Waals surface area contributed by atoms with E-state index in [2.05, 4.69) is 4.98 Å². The summed E-state index contributed by atoms with van der Waals surface area (Å²) in [5, 5.41) is 0. The molecule has 0 saturated carbocycles. The minimum absolute atomic E-state index is 0.0806. The van der Waals surface area contributed by atoms with Crippen LogP contribution in [0.2, 0.25) is 0 Å². The van der Waals surface area contributed by atoms with Gasteiger partial charge in [0.15, 0.2) is 5.82 Å². The molecule has 2 aliphatic rings. The first-order valence-corrected chi connectivity index (χ1v) is 9.16.